The molecule has 2 unspecified atom stereocenters. The summed E-state index contributed by atoms with van der Waals surface area (Å²) < 4.78 is 19.0. The Balaban J connectivity index is 2.29. The number of hydrogen-bond acceptors (Lipinski definition) is 3. The number of carboxylic acid groups (broad SMARTS) is 1. The van der Waals surface area contributed by atoms with Gasteiger partial charge in [-0.25, -0.2) is 9.18 Å². The Bertz CT molecular complexity index is 454. The van der Waals surface area contributed by atoms with E-state index in [1.165, 1.54) is 12.1 Å². The summed E-state index contributed by atoms with van der Waals surface area (Å²) in [7, 11) is 0. The van der Waals surface area contributed by atoms with E-state index in [0.29, 0.717) is 18.8 Å². The number of carbonyl (C=O) groups is 1. The van der Waals surface area contributed by atoms with Crippen LogP contribution < -0.4 is 4.90 Å². The zero-order chi connectivity index (χ0) is 13.3. The average Bonchev–Trinajstić information content (AvgIpc) is 2.26. The first-order valence-electron chi connectivity index (χ1n) is 5.90. The van der Waals surface area contributed by atoms with Gasteiger partial charge >= 0.3 is 5.97 Å². The van der Waals surface area contributed by atoms with E-state index in [4.69, 9.17) is 9.84 Å². The standard InChI is InChI=1S/C13H16FNO3/c1-8-6-15(7-9(2)18-8)12-4-10(13(16)17)3-11(14)5-12/h3-5,8-9H,6-7H2,1-2H3,(H,16,17). The van der Waals surface area contributed by atoms with Crippen molar-refractivity contribution in [1.29, 1.82) is 0 Å². The molecule has 2 atom stereocenters. The first kappa shape index (κ1) is 12.8. The van der Waals surface area contributed by atoms with E-state index in [9.17, 15) is 9.18 Å². The van der Waals surface area contributed by atoms with Crippen molar-refractivity contribution in [2.45, 2.75) is 26.1 Å². The summed E-state index contributed by atoms with van der Waals surface area (Å²) in [4.78, 5) is 12.9. The second kappa shape index (κ2) is 4.94. The van der Waals surface area contributed by atoms with Gasteiger partial charge in [-0.1, -0.05) is 0 Å². The number of anilines is 1. The maximum Gasteiger partial charge on any atom is 0.335 e. The van der Waals surface area contributed by atoms with Crippen molar-refractivity contribution in [2.75, 3.05) is 18.0 Å². The summed E-state index contributed by atoms with van der Waals surface area (Å²) in [6, 6.07) is 3.88. The van der Waals surface area contributed by atoms with Crippen molar-refractivity contribution in [1.82, 2.24) is 0 Å². The van der Waals surface area contributed by atoms with Gasteiger partial charge in [0.15, 0.2) is 0 Å². The van der Waals surface area contributed by atoms with E-state index in [-0.39, 0.29) is 17.8 Å². The molecule has 0 spiro atoms. The molecule has 4 nitrogen and oxygen atoms in total. The van der Waals surface area contributed by atoms with Crippen molar-refractivity contribution < 1.29 is 19.0 Å². The van der Waals surface area contributed by atoms with E-state index < -0.39 is 11.8 Å². The molecular formula is C13H16FNO3. The van der Waals surface area contributed by atoms with Crippen LogP contribution >= 0.6 is 0 Å². The summed E-state index contributed by atoms with van der Waals surface area (Å²) >= 11 is 0. The van der Waals surface area contributed by atoms with Crippen LogP contribution in [-0.2, 0) is 4.74 Å². The molecule has 1 N–H and O–H groups in total. The van der Waals surface area contributed by atoms with E-state index in [0.717, 1.165) is 6.07 Å². The van der Waals surface area contributed by atoms with Crippen LogP contribution in [-0.4, -0.2) is 36.4 Å². The first-order valence-corrected chi connectivity index (χ1v) is 5.90. The summed E-state index contributed by atoms with van der Waals surface area (Å²) in [5, 5.41) is 8.93. The summed E-state index contributed by atoms with van der Waals surface area (Å²) in [6.07, 6.45) is 0.0931. The molecule has 0 aromatic heterocycles. The average molecular weight is 253 g/mol. The second-order valence-electron chi connectivity index (χ2n) is 4.67. The molecule has 98 valence electrons. The molecule has 1 aromatic rings. The fourth-order valence-electron chi connectivity index (χ4n) is 2.27. The molecule has 1 aliphatic rings. The number of aromatic carboxylic acids is 1. The number of benzene rings is 1. The van der Waals surface area contributed by atoms with E-state index in [2.05, 4.69) is 0 Å². The lowest BCUT2D eigenvalue weighted by molar-refractivity contribution is -0.00523. The zero-order valence-electron chi connectivity index (χ0n) is 10.4. The smallest absolute Gasteiger partial charge is 0.335 e. The molecular weight excluding hydrogens is 237 g/mol. The highest BCUT2D eigenvalue weighted by atomic mass is 19.1. The molecule has 1 aromatic carbocycles. The predicted octanol–water partition coefficient (Wildman–Crippen LogP) is 2.14. The van der Waals surface area contributed by atoms with Crippen LogP contribution in [0.15, 0.2) is 18.2 Å². The van der Waals surface area contributed by atoms with E-state index in [1.54, 1.807) is 0 Å². The van der Waals surface area contributed by atoms with Crippen LogP contribution in [0.3, 0.4) is 0 Å². The highest BCUT2D eigenvalue weighted by Gasteiger charge is 2.23. The molecule has 1 saturated heterocycles. The van der Waals surface area contributed by atoms with Crippen LogP contribution in [0.25, 0.3) is 0 Å². The van der Waals surface area contributed by atoms with Gasteiger partial charge in [0.05, 0.1) is 17.8 Å². The molecule has 2 rings (SSSR count). The Morgan fingerprint density at radius 2 is 1.94 bits per heavy atom. The Morgan fingerprint density at radius 1 is 1.33 bits per heavy atom. The number of rotatable bonds is 2. The Morgan fingerprint density at radius 3 is 2.50 bits per heavy atom. The highest BCUT2D eigenvalue weighted by Crippen LogP contribution is 2.23. The minimum Gasteiger partial charge on any atom is -0.478 e. The third-order valence-corrected chi connectivity index (χ3v) is 2.91. The largest absolute Gasteiger partial charge is 0.478 e. The Labute approximate surface area is 105 Å². The Kier molecular flexibility index (Phi) is 3.52. The quantitative estimate of drug-likeness (QED) is 0.877. The monoisotopic (exact) mass is 253 g/mol. The van der Waals surface area contributed by atoms with Crippen LogP contribution in [0.1, 0.15) is 24.2 Å². The molecule has 0 bridgehead atoms. The number of nitrogens with zero attached hydrogens (tertiary/aromatic N) is 1. The van der Waals surface area contributed by atoms with E-state index in [1.807, 2.05) is 18.7 Å². The van der Waals surface area contributed by atoms with Crippen molar-refractivity contribution in [2.24, 2.45) is 0 Å². The van der Waals surface area contributed by atoms with Crippen LogP contribution in [0.4, 0.5) is 10.1 Å². The Hall–Kier alpha value is -1.62. The van der Waals surface area contributed by atoms with Gasteiger partial charge in [-0.05, 0) is 32.0 Å². The maximum absolute atomic E-state index is 13.4. The van der Waals surface area contributed by atoms with Crippen LogP contribution in [0.5, 0.6) is 0 Å². The molecule has 0 saturated carbocycles. The molecule has 18 heavy (non-hydrogen) atoms. The van der Waals surface area contributed by atoms with Gasteiger partial charge < -0.3 is 14.7 Å². The van der Waals surface area contributed by atoms with Gasteiger partial charge in [0.25, 0.3) is 0 Å². The minimum atomic E-state index is -1.12. The normalized spacial score (nSPS) is 24.1. The maximum atomic E-state index is 13.4. The fraction of sp³-hybridized carbons (Fsp3) is 0.462. The number of ether oxygens (including phenoxy) is 1. The number of hydrogen-bond donors (Lipinski definition) is 1. The zero-order valence-corrected chi connectivity index (χ0v) is 10.4. The van der Waals surface area contributed by atoms with Gasteiger partial charge in [0.2, 0.25) is 0 Å². The number of carboxylic acids is 1. The van der Waals surface area contributed by atoms with Crippen LogP contribution in [0, 0.1) is 5.82 Å². The molecule has 1 heterocycles. The molecule has 0 radical (unpaired) electrons. The highest BCUT2D eigenvalue weighted by molar-refractivity contribution is 5.88. The van der Waals surface area contributed by atoms with E-state index >= 15 is 0 Å². The SMILES string of the molecule is CC1CN(c2cc(F)cc(C(=O)O)c2)CC(C)O1. The summed E-state index contributed by atoms with van der Waals surface area (Å²) in [6.45, 7) is 5.15. The third-order valence-electron chi connectivity index (χ3n) is 2.91. The molecule has 0 aliphatic carbocycles. The summed E-state index contributed by atoms with van der Waals surface area (Å²) in [5.74, 6) is -1.65. The lowest BCUT2D eigenvalue weighted by atomic mass is 10.1. The van der Waals surface area contributed by atoms with Crippen molar-refractivity contribution in [3.05, 3.63) is 29.6 Å². The lowest BCUT2D eigenvalue weighted by Crippen LogP contribution is -2.45. The van der Waals surface area contributed by atoms with Crippen LogP contribution in [0.2, 0.25) is 0 Å². The number of morpholine rings is 1. The first-order chi connectivity index (χ1) is 8.45. The van der Waals surface area contributed by atoms with Gasteiger partial charge in [0.1, 0.15) is 5.82 Å². The van der Waals surface area contributed by atoms with Crippen molar-refractivity contribution in [3.8, 4) is 0 Å². The lowest BCUT2D eigenvalue weighted by Gasteiger charge is -2.37. The van der Waals surface area contributed by atoms with Crippen molar-refractivity contribution >= 4 is 11.7 Å². The molecule has 0 amide bonds. The molecule has 1 aliphatic heterocycles. The molecule has 1 fully saturated rings. The predicted molar refractivity (Wildman–Crippen MR) is 65.6 cm³/mol. The van der Waals surface area contributed by atoms with Gasteiger partial charge in [0, 0.05) is 18.8 Å². The van der Waals surface area contributed by atoms with Gasteiger partial charge in [-0.15, -0.1) is 0 Å². The third kappa shape index (κ3) is 2.79. The second-order valence-corrected chi connectivity index (χ2v) is 4.67. The minimum absolute atomic E-state index is 0.0307. The molecule has 5 heteroatoms. The van der Waals surface area contributed by atoms with Gasteiger partial charge in [-0.3, -0.25) is 0 Å². The van der Waals surface area contributed by atoms with Crippen molar-refractivity contribution in [3.63, 3.8) is 0 Å². The number of halogens is 1. The summed E-state index contributed by atoms with van der Waals surface area (Å²) in [5.41, 5.74) is 0.561. The fourth-order valence-corrected chi connectivity index (χ4v) is 2.27. The topological polar surface area (TPSA) is 49.8 Å². The van der Waals surface area contributed by atoms with Gasteiger partial charge in [-0.2, -0.15) is 0 Å².